The van der Waals surface area contributed by atoms with Gasteiger partial charge in [0.05, 0.1) is 18.9 Å². The second-order valence-corrected chi connectivity index (χ2v) is 13.1. The quantitative estimate of drug-likeness (QED) is 0.0404. The molecule has 0 aromatic heterocycles. The lowest BCUT2D eigenvalue weighted by Crippen LogP contribution is -2.59. The Morgan fingerprint density at radius 2 is 1.59 bits per heavy atom. The first-order valence-electron chi connectivity index (χ1n) is 14.6. The summed E-state index contributed by atoms with van der Waals surface area (Å²) in [6.45, 7) is 8.80. The van der Waals surface area contributed by atoms with Crippen molar-refractivity contribution < 1.29 is 62.9 Å². The summed E-state index contributed by atoms with van der Waals surface area (Å²) in [6.07, 6.45) is -4.55. The maximum absolute atomic E-state index is 12.2. The highest BCUT2D eigenvalue weighted by Gasteiger charge is 2.45. The number of hydrogen-bond acceptors (Lipinski definition) is 12. The molecule has 1 unspecified atom stereocenters. The molecule has 256 valence electrons. The minimum atomic E-state index is -4.85. The molecule has 1 saturated heterocycles. The Bertz CT molecular complexity index is 985. The number of ether oxygens (including phenoxy) is 2. The summed E-state index contributed by atoms with van der Waals surface area (Å²) >= 11 is 0. The predicted octanol–water partition coefficient (Wildman–Crippen LogP) is 0.279. The van der Waals surface area contributed by atoms with E-state index >= 15 is 0 Å². The molecule has 1 aliphatic rings. The normalized spacial score (nSPS) is 23.6. The lowest BCUT2D eigenvalue weighted by molar-refractivity contribution is -0.301. The molecule has 1 aliphatic heterocycles. The van der Waals surface area contributed by atoms with Gasteiger partial charge in [-0.25, -0.2) is 4.57 Å². The smallest absolute Gasteiger partial charge is 0.393 e. The Hall–Kier alpha value is -2.01. The summed E-state index contributed by atoms with van der Waals surface area (Å²) in [5.41, 5.74) is 0.405. The van der Waals surface area contributed by atoms with Crippen LogP contribution in [0.5, 0.6) is 0 Å². The van der Waals surface area contributed by atoms with Gasteiger partial charge in [0.1, 0.15) is 36.8 Å². The summed E-state index contributed by atoms with van der Waals surface area (Å²) in [5.74, 6) is -0.303. The molecule has 44 heavy (non-hydrogen) atoms. The van der Waals surface area contributed by atoms with Crippen molar-refractivity contribution >= 4 is 31.1 Å². The summed E-state index contributed by atoms with van der Waals surface area (Å²) in [7, 11) is -4.85. The van der Waals surface area contributed by atoms with Crippen LogP contribution in [0.2, 0.25) is 0 Å². The molecule has 17 heteroatoms. The number of nitrogens with zero attached hydrogens (tertiary/aromatic N) is 1. The van der Waals surface area contributed by atoms with Gasteiger partial charge in [-0.15, -0.1) is 0 Å². The number of aliphatic hydroxyl groups excluding tert-OH is 3. The van der Waals surface area contributed by atoms with Crippen molar-refractivity contribution in [2.24, 2.45) is 10.6 Å². The maximum Gasteiger partial charge on any atom is 0.469 e. The van der Waals surface area contributed by atoms with Gasteiger partial charge >= 0.3 is 7.82 Å². The van der Waals surface area contributed by atoms with Crippen LogP contribution in [0.15, 0.2) is 5.16 Å². The average molecular weight is 656 g/mol. The highest BCUT2D eigenvalue weighted by Crippen LogP contribution is 2.37. The van der Waals surface area contributed by atoms with E-state index in [0.717, 1.165) is 19.3 Å². The standard InChI is InChI=1S/C27H50N3O13P/c1-17(30-41-15-14-40-26-25(36)24(35)23(34)19(43-26)16-42-44(37,38)39)9-11-21(32)28-13-7-6-8-20(27(3,4)5)29-22(33)12-10-18(2)31/h19-20,23-26,34-36H,6-16H2,1-5H3,(H,28,32)(H,29,33)(H2,37,38,39)/b30-17+/t19-,20+,23?,24+,25+,26+/m1/s1. The fourth-order valence-corrected chi connectivity index (χ4v) is 4.47. The monoisotopic (exact) mass is 655 g/mol. The highest BCUT2D eigenvalue weighted by atomic mass is 31.2. The molecule has 1 fully saturated rings. The first kappa shape index (κ1) is 40.0. The van der Waals surface area contributed by atoms with Crippen molar-refractivity contribution in [1.29, 1.82) is 0 Å². The van der Waals surface area contributed by atoms with Gasteiger partial charge in [-0.3, -0.25) is 14.1 Å². The second kappa shape index (κ2) is 19.5. The molecule has 16 nitrogen and oxygen atoms in total. The fraction of sp³-hybridized carbons (Fsp3) is 0.852. The third-order valence-electron chi connectivity index (χ3n) is 6.79. The lowest BCUT2D eigenvalue weighted by atomic mass is 9.83. The number of ketones is 1. The zero-order valence-corrected chi connectivity index (χ0v) is 27.0. The van der Waals surface area contributed by atoms with E-state index in [1.54, 1.807) is 6.92 Å². The molecule has 0 aromatic carbocycles. The molecule has 1 heterocycles. The third kappa shape index (κ3) is 16.9. The predicted molar refractivity (Wildman–Crippen MR) is 157 cm³/mol. The Balaban J connectivity index is 2.28. The van der Waals surface area contributed by atoms with Crippen molar-refractivity contribution in [3.05, 3.63) is 0 Å². The van der Waals surface area contributed by atoms with Crippen LogP contribution in [-0.2, 0) is 37.8 Å². The van der Waals surface area contributed by atoms with Crippen LogP contribution < -0.4 is 10.6 Å². The largest absolute Gasteiger partial charge is 0.469 e. The lowest BCUT2D eigenvalue weighted by Gasteiger charge is -2.40. The number of unbranched alkanes of at least 4 members (excludes halogenated alkanes) is 1. The number of phosphoric ester groups is 1. The molecular weight excluding hydrogens is 605 g/mol. The molecule has 7 N–H and O–H groups in total. The van der Waals surface area contributed by atoms with Crippen LogP contribution in [-0.4, -0.2) is 112 Å². The van der Waals surface area contributed by atoms with Gasteiger partial charge in [-0.1, -0.05) is 25.9 Å². The van der Waals surface area contributed by atoms with Crippen molar-refractivity contribution in [1.82, 2.24) is 10.6 Å². The molecule has 0 aromatic rings. The topological polar surface area (TPSA) is 243 Å². The number of Topliss-reactive ketones (excluding diaryl/α,β-unsaturated/α-hetero) is 1. The number of carbonyl (C=O) groups excluding carboxylic acids is 3. The number of phosphoric acid groups is 1. The number of nitrogens with one attached hydrogen (secondary N) is 2. The summed E-state index contributed by atoms with van der Waals surface area (Å²) in [5, 5.41) is 39.7. The van der Waals surface area contributed by atoms with E-state index < -0.39 is 45.1 Å². The zero-order chi connectivity index (χ0) is 33.5. The second-order valence-electron chi connectivity index (χ2n) is 11.9. The summed E-state index contributed by atoms with van der Waals surface area (Å²) in [6, 6.07) is -0.0475. The molecule has 0 radical (unpaired) electrons. The van der Waals surface area contributed by atoms with Crippen LogP contribution in [0.4, 0.5) is 0 Å². The van der Waals surface area contributed by atoms with Gasteiger partial charge in [0, 0.05) is 31.8 Å². The van der Waals surface area contributed by atoms with E-state index in [2.05, 4.69) is 20.3 Å². The molecule has 0 spiro atoms. The Labute approximate surface area is 258 Å². The number of carbonyl (C=O) groups is 3. The Kier molecular flexibility index (Phi) is 17.7. The minimum absolute atomic E-state index is 0.0214. The molecule has 0 saturated carbocycles. The van der Waals surface area contributed by atoms with Crippen molar-refractivity contribution in [2.45, 2.75) is 116 Å². The number of oxime groups is 1. The molecule has 6 atom stereocenters. The molecule has 0 bridgehead atoms. The van der Waals surface area contributed by atoms with Crippen LogP contribution in [0, 0.1) is 5.41 Å². The van der Waals surface area contributed by atoms with E-state index in [1.165, 1.54) is 6.92 Å². The molecule has 0 aliphatic carbocycles. The number of rotatable bonds is 20. The van der Waals surface area contributed by atoms with E-state index in [1.807, 2.05) is 20.8 Å². The van der Waals surface area contributed by atoms with Crippen LogP contribution >= 0.6 is 7.82 Å². The van der Waals surface area contributed by atoms with E-state index in [4.69, 9.17) is 24.1 Å². The van der Waals surface area contributed by atoms with Crippen molar-refractivity contribution in [2.75, 3.05) is 26.4 Å². The number of amides is 2. The van der Waals surface area contributed by atoms with E-state index in [9.17, 15) is 34.3 Å². The fourth-order valence-electron chi connectivity index (χ4n) is 4.13. The Morgan fingerprint density at radius 1 is 0.932 bits per heavy atom. The third-order valence-corrected chi connectivity index (χ3v) is 7.28. The maximum atomic E-state index is 12.2. The minimum Gasteiger partial charge on any atom is -0.393 e. The van der Waals surface area contributed by atoms with Gasteiger partial charge in [-0.2, -0.15) is 0 Å². The molecular formula is C27H50N3O13P. The SMILES string of the molecule is CC(=O)CCC(=O)N[C@@H](CCCCNC(=O)CC/C(C)=N/OCCO[C@H]1O[C@H](COP(=O)(O)O)C(O)[C@H](O)[C@@H]1O)C(C)(C)C. The zero-order valence-electron chi connectivity index (χ0n) is 26.1. The van der Waals surface area contributed by atoms with Gasteiger partial charge in [-0.05, 0) is 44.9 Å². The van der Waals surface area contributed by atoms with Crippen LogP contribution in [0.3, 0.4) is 0 Å². The first-order valence-corrected chi connectivity index (χ1v) is 16.2. The summed E-state index contributed by atoms with van der Waals surface area (Å²) < 4.78 is 25.8. The highest BCUT2D eigenvalue weighted by molar-refractivity contribution is 7.46. The molecule has 1 rings (SSSR count). The van der Waals surface area contributed by atoms with Gasteiger partial charge in [0.25, 0.3) is 0 Å². The first-order chi connectivity index (χ1) is 20.4. The summed E-state index contributed by atoms with van der Waals surface area (Å²) in [4.78, 5) is 58.3. The Morgan fingerprint density at radius 3 is 2.20 bits per heavy atom. The van der Waals surface area contributed by atoms with Crippen molar-refractivity contribution in [3.8, 4) is 0 Å². The van der Waals surface area contributed by atoms with Gasteiger partial charge in [0.15, 0.2) is 6.29 Å². The van der Waals surface area contributed by atoms with E-state index in [0.29, 0.717) is 18.7 Å². The van der Waals surface area contributed by atoms with Crippen LogP contribution in [0.25, 0.3) is 0 Å². The van der Waals surface area contributed by atoms with Crippen LogP contribution in [0.1, 0.15) is 79.6 Å². The van der Waals surface area contributed by atoms with Gasteiger partial charge in [0.2, 0.25) is 11.8 Å². The number of aliphatic hydroxyl groups is 3. The number of hydrogen-bond donors (Lipinski definition) is 7. The molecule has 2 amide bonds. The van der Waals surface area contributed by atoms with E-state index in [-0.39, 0.29) is 61.5 Å². The van der Waals surface area contributed by atoms with Gasteiger partial charge < -0.3 is 54.8 Å². The average Bonchev–Trinajstić information content (AvgIpc) is 2.92. The van der Waals surface area contributed by atoms with Crippen molar-refractivity contribution in [3.63, 3.8) is 0 Å².